The molecule has 0 unspecified atom stereocenters. The molecular weight excluding hydrogens is 264 g/mol. The SMILES string of the molecule is O=C(O)c1cccc(O)c1.O=C(O)c1cccc(O)c1. The van der Waals surface area contributed by atoms with Crippen molar-refractivity contribution in [1.82, 2.24) is 0 Å². The molecular formula is C14H12O6. The number of rotatable bonds is 2. The molecule has 0 aromatic heterocycles. The first kappa shape index (κ1) is 15.0. The zero-order chi connectivity index (χ0) is 15.1. The molecule has 6 heteroatoms. The molecule has 6 nitrogen and oxygen atoms in total. The molecule has 0 fully saturated rings. The van der Waals surface area contributed by atoms with Gasteiger partial charge in [0.2, 0.25) is 0 Å². The second kappa shape index (κ2) is 6.79. The molecule has 0 heterocycles. The van der Waals surface area contributed by atoms with Crippen molar-refractivity contribution in [2.45, 2.75) is 0 Å². The highest BCUT2D eigenvalue weighted by atomic mass is 16.4. The minimum Gasteiger partial charge on any atom is -0.508 e. The number of phenolic OH excluding ortho intramolecular Hbond substituents is 2. The first-order valence-corrected chi connectivity index (χ1v) is 5.45. The lowest BCUT2D eigenvalue weighted by atomic mass is 10.2. The van der Waals surface area contributed by atoms with E-state index in [0.717, 1.165) is 0 Å². The number of hydrogen-bond acceptors (Lipinski definition) is 4. The number of carboxylic acid groups (broad SMARTS) is 2. The Morgan fingerprint density at radius 2 is 1.05 bits per heavy atom. The van der Waals surface area contributed by atoms with Crippen molar-refractivity contribution in [1.29, 1.82) is 0 Å². The lowest BCUT2D eigenvalue weighted by Crippen LogP contribution is -1.94. The van der Waals surface area contributed by atoms with E-state index in [4.69, 9.17) is 20.4 Å². The van der Waals surface area contributed by atoms with Crippen LogP contribution in [-0.4, -0.2) is 32.4 Å². The number of phenols is 2. The van der Waals surface area contributed by atoms with Crippen LogP contribution in [0.3, 0.4) is 0 Å². The molecule has 0 amide bonds. The molecule has 2 rings (SSSR count). The Balaban J connectivity index is 0.000000200. The first-order chi connectivity index (χ1) is 9.40. The Kier molecular flexibility index (Phi) is 5.11. The van der Waals surface area contributed by atoms with E-state index in [2.05, 4.69) is 0 Å². The molecule has 2 aromatic carbocycles. The molecule has 2 aromatic rings. The normalized spacial score (nSPS) is 9.20. The molecule has 0 saturated heterocycles. The van der Waals surface area contributed by atoms with Crippen molar-refractivity contribution in [2.75, 3.05) is 0 Å². The smallest absolute Gasteiger partial charge is 0.335 e. The predicted molar refractivity (Wildman–Crippen MR) is 70.1 cm³/mol. The van der Waals surface area contributed by atoms with E-state index >= 15 is 0 Å². The maximum atomic E-state index is 10.2. The summed E-state index contributed by atoms with van der Waals surface area (Å²) in [5.74, 6) is -2.12. The molecule has 0 atom stereocenters. The topological polar surface area (TPSA) is 115 Å². The summed E-state index contributed by atoms with van der Waals surface area (Å²) in [7, 11) is 0. The minimum absolute atomic E-state index is 0.0279. The fraction of sp³-hybridized carbons (Fsp3) is 0. The van der Waals surface area contributed by atoms with Crippen LogP contribution in [-0.2, 0) is 0 Å². The van der Waals surface area contributed by atoms with Crippen LogP contribution in [0.1, 0.15) is 20.7 Å². The zero-order valence-electron chi connectivity index (χ0n) is 10.2. The molecule has 4 N–H and O–H groups in total. The molecule has 0 bridgehead atoms. The van der Waals surface area contributed by atoms with Crippen LogP contribution < -0.4 is 0 Å². The summed E-state index contributed by atoms with van der Waals surface area (Å²) < 4.78 is 0. The van der Waals surface area contributed by atoms with Crippen LogP contribution >= 0.6 is 0 Å². The Morgan fingerprint density at radius 3 is 1.25 bits per heavy atom. The molecule has 0 radical (unpaired) electrons. The predicted octanol–water partition coefficient (Wildman–Crippen LogP) is 2.18. The summed E-state index contributed by atoms with van der Waals surface area (Å²) in [5, 5.41) is 34.4. The van der Waals surface area contributed by atoms with E-state index in [1.54, 1.807) is 0 Å². The van der Waals surface area contributed by atoms with Gasteiger partial charge < -0.3 is 20.4 Å². The van der Waals surface area contributed by atoms with Crippen molar-refractivity contribution in [3.63, 3.8) is 0 Å². The number of carboxylic acids is 2. The third-order valence-corrected chi connectivity index (χ3v) is 2.19. The van der Waals surface area contributed by atoms with Crippen LogP contribution in [0.5, 0.6) is 11.5 Å². The summed E-state index contributed by atoms with van der Waals surface area (Å²) in [6, 6.07) is 11.0. The maximum Gasteiger partial charge on any atom is 0.335 e. The molecule has 0 aliphatic rings. The molecule has 0 spiro atoms. The highest BCUT2D eigenvalue weighted by Gasteiger charge is 2.01. The standard InChI is InChI=1S/2C7H6O3/c2*8-6-3-1-2-5(4-6)7(9)10/h2*1-4,8H,(H,9,10). The summed E-state index contributed by atoms with van der Waals surface area (Å²) in [4.78, 5) is 20.5. The largest absolute Gasteiger partial charge is 0.508 e. The van der Waals surface area contributed by atoms with Crippen LogP contribution in [0.2, 0.25) is 0 Å². The van der Waals surface area contributed by atoms with E-state index < -0.39 is 11.9 Å². The minimum atomic E-state index is -1.03. The number of benzene rings is 2. The zero-order valence-corrected chi connectivity index (χ0v) is 10.2. The van der Waals surface area contributed by atoms with Gasteiger partial charge in [0, 0.05) is 0 Å². The van der Waals surface area contributed by atoms with Gasteiger partial charge in [-0.3, -0.25) is 0 Å². The number of hydrogen-bond donors (Lipinski definition) is 4. The second-order valence-electron chi connectivity index (χ2n) is 3.71. The molecule has 104 valence electrons. The van der Waals surface area contributed by atoms with Crippen molar-refractivity contribution < 1.29 is 30.0 Å². The Labute approximate surface area is 114 Å². The molecule has 0 saturated carbocycles. The molecule has 0 aliphatic carbocycles. The van der Waals surface area contributed by atoms with Gasteiger partial charge in [-0.15, -0.1) is 0 Å². The Morgan fingerprint density at radius 1 is 0.700 bits per heavy atom. The average Bonchev–Trinajstić information content (AvgIpc) is 2.39. The van der Waals surface area contributed by atoms with E-state index in [1.807, 2.05) is 0 Å². The van der Waals surface area contributed by atoms with Crippen molar-refractivity contribution >= 4 is 11.9 Å². The summed E-state index contributed by atoms with van der Waals surface area (Å²) in [5.41, 5.74) is 0.194. The number of aromatic carboxylic acids is 2. The maximum absolute atomic E-state index is 10.2. The van der Waals surface area contributed by atoms with E-state index in [9.17, 15) is 9.59 Å². The molecule has 20 heavy (non-hydrogen) atoms. The third-order valence-electron chi connectivity index (χ3n) is 2.19. The van der Waals surface area contributed by atoms with Gasteiger partial charge in [0.25, 0.3) is 0 Å². The number of aromatic hydroxyl groups is 2. The van der Waals surface area contributed by atoms with Gasteiger partial charge in [0.05, 0.1) is 11.1 Å². The fourth-order valence-electron chi connectivity index (χ4n) is 1.28. The van der Waals surface area contributed by atoms with Gasteiger partial charge in [0.1, 0.15) is 11.5 Å². The van der Waals surface area contributed by atoms with Gasteiger partial charge in [-0.05, 0) is 36.4 Å². The third kappa shape index (κ3) is 4.69. The van der Waals surface area contributed by atoms with Crippen LogP contribution in [0.15, 0.2) is 48.5 Å². The van der Waals surface area contributed by atoms with Gasteiger partial charge in [0.15, 0.2) is 0 Å². The number of carbonyl (C=O) groups is 2. The quantitative estimate of drug-likeness (QED) is 0.668. The van der Waals surface area contributed by atoms with Crippen LogP contribution in [0.25, 0.3) is 0 Å². The van der Waals surface area contributed by atoms with Gasteiger partial charge in [-0.25, -0.2) is 9.59 Å². The highest BCUT2D eigenvalue weighted by Crippen LogP contribution is 2.10. The highest BCUT2D eigenvalue weighted by molar-refractivity contribution is 5.88. The van der Waals surface area contributed by atoms with E-state index in [1.165, 1.54) is 48.5 Å². The fourth-order valence-corrected chi connectivity index (χ4v) is 1.28. The summed E-state index contributed by atoms with van der Waals surface area (Å²) in [6.45, 7) is 0. The Bertz CT molecular complexity index is 565. The van der Waals surface area contributed by atoms with E-state index in [-0.39, 0.29) is 22.6 Å². The van der Waals surface area contributed by atoms with Gasteiger partial charge >= 0.3 is 11.9 Å². The summed E-state index contributed by atoms with van der Waals surface area (Å²) in [6.07, 6.45) is 0. The van der Waals surface area contributed by atoms with Crippen molar-refractivity contribution in [3.05, 3.63) is 59.7 Å². The van der Waals surface area contributed by atoms with Gasteiger partial charge in [-0.1, -0.05) is 12.1 Å². The second-order valence-corrected chi connectivity index (χ2v) is 3.71. The van der Waals surface area contributed by atoms with Gasteiger partial charge in [-0.2, -0.15) is 0 Å². The average molecular weight is 276 g/mol. The van der Waals surface area contributed by atoms with Crippen LogP contribution in [0.4, 0.5) is 0 Å². The lowest BCUT2D eigenvalue weighted by molar-refractivity contribution is 0.0685. The molecule has 0 aliphatic heterocycles. The van der Waals surface area contributed by atoms with Crippen molar-refractivity contribution in [2.24, 2.45) is 0 Å². The van der Waals surface area contributed by atoms with Crippen LogP contribution in [0, 0.1) is 0 Å². The van der Waals surface area contributed by atoms with Crippen molar-refractivity contribution in [3.8, 4) is 11.5 Å². The summed E-state index contributed by atoms with van der Waals surface area (Å²) >= 11 is 0. The monoisotopic (exact) mass is 276 g/mol. The Hall–Kier alpha value is -3.02. The lowest BCUT2D eigenvalue weighted by Gasteiger charge is -1.92. The first-order valence-electron chi connectivity index (χ1n) is 5.45. The van der Waals surface area contributed by atoms with E-state index in [0.29, 0.717) is 0 Å².